The first-order valence-electron chi connectivity index (χ1n) is 8.05. The average molecular weight is 256 g/mol. The van der Waals surface area contributed by atoms with Gasteiger partial charge in [0.1, 0.15) is 0 Å². The van der Waals surface area contributed by atoms with Crippen LogP contribution in [-0.4, -0.2) is 12.2 Å². The molecule has 18 heavy (non-hydrogen) atoms. The predicted octanol–water partition coefficient (Wildman–Crippen LogP) is 5.68. The molecular weight excluding hydrogens is 220 g/mol. The first-order chi connectivity index (χ1) is 8.41. The molecule has 0 fully saturated rings. The van der Waals surface area contributed by atoms with Crippen LogP contribution in [0.1, 0.15) is 80.6 Å². The van der Waals surface area contributed by atoms with Crippen molar-refractivity contribution in [3.63, 3.8) is 0 Å². The smallest absolute Gasteiger partial charge is 0.0705 e. The lowest BCUT2D eigenvalue weighted by atomic mass is 9.79. The number of rotatable bonds is 10. The summed E-state index contributed by atoms with van der Waals surface area (Å²) < 4.78 is 6.39. The topological polar surface area (TPSA) is 9.23 Å². The first-order valence-corrected chi connectivity index (χ1v) is 8.05. The summed E-state index contributed by atoms with van der Waals surface area (Å²) in [4.78, 5) is 0. The van der Waals surface area contributed by atoms with Gasteiger partial charge < -0.3 is 4.74 Å². The summed E-state index contributed by atoms with van der Waals surface area (Å²) in [5.74, 6) is 2.15. The Balaban J connectivity index is 4.46. The summed E-state index contributed by atoms with van der Waals surface area (Å²) in [6.45, 7) is 17.1. The second-order valence-corrected chi connectivity index (χ2v) is 6.44. The lowest BCUT2D eigenvalue weighted by Crippen LogP contribution is -2.40. The van der Waals surface area contributed by atoms with Crippen molar-refractivity contribution in [2.45, 2.75) is 86.2 Å². The molecule has 0 spiro atoms. The third kappa shape index (κ3) is 5.73. The number of hydrogen-bond acceptors (Lipinski definition) is 1. The van der Waals surface area contributed by atoms with Crippen molar-refractivity contribution in [3.05, 3.63) is 0 Å². The molecule has 0 saturated carbocycles. The molecule has 0 N–H and O–H groups in total. The summed E-state index contributed by atoms with van der Waals surface area (Å²) in [6.07, 6.45) is 6.05. The van der Waals surface area contributed by atoms with Crippen LogP contribution in [0, 0.1) is 17.8 Å². The van der Waals surface area contributed by atoms with Crippen LogP contribution in [0.4, 0.5) is 0 Å². The highest BCUT2D eigenvalue weighted by Gasteiger charge is 2.34. The molecule has 0 aliphatic rings. The molecule has 0 aliphatic heterocycles. The zero-order valence-corrected chi connectivity index (χ0v) is 13.9. The minimum absolute atomic E-state index is 0.100. The zero-order chi connectivity index (χ0) is 14.2. The molecule has 0 aromatic rings. The summed E-state index contributed by atoms with van der Waals surface area (Å²) in [5.41, 5.74) is 0.100. The molecule has 1 nitrogen and oxygen atoms in total. The van der Waals surface area contributed by atoms with Gasteiger partial charge in [0.05, 0.1) is 5.60 Å². The monoisotopic (exact) mass is 256 g/mol. The van der Waals surface area contributed by atoms with Crippen LogP contribution in [-0.2, 0) is 4.74 Å². The Morgan fingerprint density at radius 3 is 1.83 bits per heavy atom. The average Bonchev–Trinajstić information content (AvgIpc) is 2.36. The van der Waals surface area contributed by atoms with E-state index >= 15 is 0 Å². The Morgan fingerprint density at radius 2 is 1.44 bits per heavy atom. The zero-order valence-electron chi connectivity index (χ0n) is 13.9. The van der Waals surface area contributed by atoms with Crippen LogP contribution in [0.15, 0.2) is 0 Å². The maximum absolute atomic E-state index is 6.39. The highest BCUT2D eigenvalue weighted by Crippen LogP contribution is 2.34. The number of hydrogen-bond donors (Lipinski definition) is 0. The minimum atomic E-state index is 0.100. The molecule has 110 valence electrons. The van der Waals surface area contributed by atoms with Crippen molar-refractivity contribution < 1.29 is 4.74 Å². The molecule has 3 unspecified atom stereocenters. The largest absolute Gasteiger partial charge is 0.375 e. The van der Waals surface area contributed by atoms with E-state index in [0.717, 1.165) is 24.9 Å². The molecule has 0 aromatic heterocycles. The molecule has 3 atom stereocenters. The fourth-order valence-corrected chi connectivity index (χ4v) is 2.52. The van der Waals surface area contributed by atoms with Gasteiger partial charge in [-0.1, -0.05) is 61.3 Å². The lowest BCUT2D eigenvalue weighted by Gasteiger charge is -2.39. The van der Waals surface area contributed by atoms with Gasteiger partial charge in [-0.2, -0.15) is 0 Å². The van der Waals surface area contributed by atoms with E-state index in [9.17, 15) is 0 Å². The summed E-state index contributed by atoms with van der Waals surface area (Å²) in [5, 5.41) is 0. The van der Waals surface area contributed by atoms with Crippen LogP contribution >= 0.6 is 0 Å². The maximum atomic E-state index is 6.39. The molecular formula is C17H36O. The fraction of sp³-hybridized carbons (Fsp3) is 1.00. The second-order valence-electron chi connectivity index (χ2n) is 6.44. The van der Waals surface area contributed by atoms with Gasteiger partial charge in [-0.15, -0.1) is 0 Å². The molecule has 0 amide bonds. The van der Waals surface area contributed by atoms with Gasteiger partial charge in [-0.3, -0.25) is 0 Å². The molecule has 0 saturated heterocycles. The van der Waals surface area contributed by atoms with Crippen LogP contribution < -0.4 is 0 Å². The molecule has 0 rings (SSSR count). The van der Waals surface area contributed by atoms with Crippen molar-refractivity contribution >= 4 is 0 Å². The van der Waals surface area contributed by atoms with Gasteiger partial charge in [-0.25, -0.2) is 0 Å². The summed E-state index contributed by atoms with van der Waals surface area (Å²) in [7, 11) is 0. The van der Waals surface area contributed by atoms with E-state index in [0.29, 0.717) is 5.92 Å². The van der Waals surface area contributed by atoms with Crippen LogP contribution in [0.2, 0.25) is 0 Å². The molecule has 0 aliphatic carbocycles. The van der Waals surface area contributed by atoms with Gasteiger partial charge in [-0.05, 0) is 37.0 Å². The van der Waals surface area contributed by atoms with Crippen LogP contribution in [0.3, 0.4) is 0 Å². The van der Waals surface area contributed by atoms with Gasteiger partial charge in [0.25, 0.3) is 0 Å². The first kappa shape index (κ1) is 18.0. The van der Waals surface area contributed by atoms with Crippen molar-refractivity contribution in [2.75, 3.05) is 6.61 Å². The minimum Gasteiger partial charge on any atom is -0.375 e. The van der Waals surface area contributed by atoms with Gasteiger partial charge >= 0.3 is 0 Å². The van der Waals surface area contributed by atoms with E-state index in [1.165, 1.54) is 25.7 Å². The van der Waals surface area contributed by atoms with Crippen molar-refractivity contribution in [3.8, 4) is 0 Å². The van der Waals surface area contributed by atoms with Crippen molar-refractivity contribution in [2.24, 2.45) is 17.8 Å². The van der Waals surface area contributed by atoms with E-state index in [1.807, 2.05) is 0 Å². The standard InChI is InChI=1S/C17H36O/c1-8-15(6)11-12-18-17(10-3,14(4)5)13-16(7)9-2/h14-16H,8-13H2,1-7H3. The van der Waals surface area contributed by atoms with E-state index in [2.05, 4.69) is 48.5 Å². The molecule has 0 aromatic carbocycles. The summed E-state index contributed by atoms with van der Waals surface area (Å²) >= 11 is 0. The Bertz CT molecular complexity index is 200. The van der Waals surface area contributed by atoms with E-state index < -0.39 is 0 Å². The SMILES string of the molecule is CCC(C)CCOC(CC)(CC(C)CC)C(C)C. The highest BCUT2D eigenvalue weighted by molar-refractivity contribution is 4.84. The van der Waals surface area contributed by atoms with E-state index in [-0.39, 0.29) is 5.60 Å². The van der Waals surface area contributed by atoms with Crippen molar-refractivity contribution in [1.29, 1.82) is 0 Å². The maximum Gasteiger partial charge on any atom is 0.0705 e. The van der Waals surface area contributed by atoms with Crippen LogP contribution in [0.5, 0.6) is 0 Å². The molecule has 0 heterocycles. The van der Waals surface area contributed by atoms with E-state index in [1.54, 1.807) is 0 Å². The predicted molar refractivity (Wildman–Crippen MR) is 82.0 cm³/mol. The quantitative estimate of drug-likeness (QED) is 0.488. The van der Waals surface area contributed by atoms with Crippen molar-refractivity contribution in [1.82, 2.24) is 0 Å². The van der Waals surface area contributed by atoms with Gasteiger partial charge in [0.15, 0.2) is 0 Å². The number of ether oxygens (including phenoxy) is 1. The Hall–Kier alpha value is -0.0400. The lowest BCUT2D eigenvalue weighted by molar-refractivity contribution is -0.0982. The van der Waals surface area contributed by atoms with Crippen LogP contribution in [0.25, 0.3) is 0 Å². The van der Waals surface area contributed by atoms with Gasteiger partial charge in [0, 0.05) is 6.61 Å². The molecule has 0 bridgehead atoms. The molecule has 0 radical (unpaired) electrons. The highest BCUT2D eigenvalue weighted by atomic mass is 16.5. The fourth-order valence-electron chi connectivity index (χ4n) is 2.52. The Morgan fingerprint density at radius 1 is 0.889 bits per heavy atom. The second kappa shape index (κ2) is 8.96. The third-order valence-electron chi connectivity index (χ3n) is 4.74. The molecule has 1 heteroatoms. The normalized spacial score (nSPS) is 18.7. The Labute approximate surface area is 116 Å². The van der Waals surface area contributed by atoms with E-state index in [4.69, 9.17) is 4.74 Å². The van der Waals surface area contributed by atoms with Gasteiger partial charge in [0.2, 0.25) is 0 Å². The Kier molecular flexibility index (Phi) is 8.94. The summed E-state index contributed by atoms with van der Waals surface area (Å²) in [6, 6.07) is 0. The third-order valence-corrected chi connectivity index (χ3v) is 4.74.